The fraction of sp³-hybridized carbons (Fsp3) is 0.0588. The van der Waals surface area contributed by atoms with Crippen LogP contribution in [-0.4, -0.2) is 15.9 Å². The summed E-state index contributed by atoms with van der Waals surface area (Å²) in [7, 11) is 0. The first kappa shape index (κ1) is 18.0. The molecular weight excluding hydrogens is 346 g/mol. The lowest BCUT2D eigenvalue weighted by Crippen LogP contribution is -2.23. The third-order valence-electron chi connectivity index (χ3n) is 3.24. The van der Waals surface area contributed by atoms with Crippen LogP contribution < -0.4 is 5.32 Å². The first-order valence-electron chi connectivity index (χ1n) is 7.03. The maximum absolute atomic E-state index is 12.1. The maximum atomic E-state index is 12.1. The lowest BCUT2D eigenvalue weighted by molar-refractivity contribution is -0.385. The van der Waals surface area contributed by atoms with Crippen molar-refractivity contribution in [2.75, 3.05) is 0 Å². The van der Waals surface area contributed by atoms with E-state index in [2.05, 4.69) is 5.32 Å². The largest absolute Gasteiger partial charge is 0.502 e. The summed E-state index contributed by atoms with van der Waals surface area (Å²) in [5.74, 6) is -1.34. The van der Waals surface area contributed by atoms with E-state index in [0.29, 0.717) is 0 Å². The number of nitriles is 1. The van der Waals surface area contributed by atoms with Crippen LogP contribution >= 0.6 is 11.6 Å². The molecule has 2 N–H and O–H groups in total. The highest BCUT2D eigenvalue weighted by molar-refractivity contribution is 6.31. The second-order valence-corrected chi connectivity index (χ2v) is 5.39. The van der Waals surface area contributed by atoms with Crippen molar-refractivity contribution in [2.24, 2.45) is 0 Å². The quantitative estimate of drug-likeness (QED) is 0.369. The standard InChI is InChI=1S/C17H12ClN3O4/c18-14-7-12(16(22)15(8-14)21(24)25)6-13(9-19)17(23)20-10-11-4-2-1-3-5-11/h1-8,22H,10H2,(H,20,23). The zero-order valence-electron chi connectivity index (χ0n) is 12.8. The molecule has 2 aromatic carbocycles. The van der Waals surface area contributed by atoms with Gasteiger partial charge in [0.1, 0.15) is 11.6 Å². The van der Waals surface area contributed by atoms with E-state index < -0.39 is 22.3 Å². The van der Waals surface area contributed by atoms with Gasteiger partial charge in [0.05, 0.1) is 4.92 Å². The Morgan fingerprint density at radius 2 is 2.04 bits per heavy atom. The number of benzene rings is 2. The molecule has 0 heterocycles. The van der Waals surface area contributed by atoms with Crippen LogP contribution in [0, 0.1) is 21.4 Å². The highest BCUT2D eigenvalue weighted by Crippen LogP contribution is 2.34. The van der Waals surface area contributed by atoms with Crippen molar-refractivity contribution in [1.29, 1.82) is 5.26 Å². The van der Waals surface area contributed by atoms with Gasteiger partial charge in [-0.3, -0.25) is 14.9 Å². The van der Waals surface area contributed by atoms with Crippen molar-refractivity contribution >= 4 is 29.3 Å². The van der Waals surface area contributed by atoms with Gasteiger partial charge in [-0.1, -0.05) is 41.9 Å². The van der Waals surface area contributed by atoms with E-state index in [-0.39, 0.29) is 22.7 Å². The Balaban J connectivity index is 2.27. The normalized spacial score (nSPS) is 10.8. The van der Waals surface area contributed by atoms with Gasteiger partial charge in [0.15, 0.2) is 0 Å². The zero-order chi connectivity index (χ0) is 18.4. The minimum Gasteiger partial charge on any atom is -0.502 e. The molecule has 0 saturated carbocycles. The van der Waals surface area contributed by atoms with Crippen molar-refractivity contribution in [3.8, 4) is 11.8 Å². The van der Waals surface area contributed by atoms with Gasteiger partial charge in [-0.2, -0.15) is 5.26 Å². The number of aromatic hydroxyl groups is 1. The molecule has 0 radical (unpaired) electrons. The van der Waals surface area contributed by atoms with E-state index in [4.69, 9.17) is 16.9 Å². The number of rotatable bonds is 5. The highest BCUT2D eigenvalue weighted by Gasteiger charge is 2.19. The number of hydrogen-bond donors (Lipinski definition) is 2. The molecule has 7 nitrogen and oxygen atoms in total. The summed E-state index contributed by atoms with van der Waals surface area (Å²) in [6.07, 6.45) is 1.05. The third-order valence-corrected chi connectivity index (χ3v) is 3.46. The average molecular weight is 358 g/mol. The van der Waals surface area contributed by atoms with Gasteiger partial charge in [0.25, 0.3) is 5.91 Å². The van der Waals surface area contributed by atoms with Crippen LogP contribution in [-0.2, 0) is 11.3 Å². The zero-order valence-corrected chi connectivity index (χ0v) is 13.5. The molecule has 0 unspecified atom stereocenters. The Kier molecular flexibility index (Phi) is 5.71. The Labute approximate surface area is 147 Å². The number of nitrogens with zero attached hydrogens (tertiary/aromatic N) is 2. The Morgan fingerprint density at radius 3 is 2.64 bits per heavy atom. The van der Waals surface area contributed by atoms with Gasteiger partial charge < -0.3 is 10.4 Å². The van der Waals surface area contributed by atoms with Crippen LogP contribution in [0.15, 0.2) is 48.0 Å². The Morgan fingerprint density at radius 1 is 1.36 bits per heavy atom. The van der Waals surface area contributed by atoms with Gasteiger partial charge >= 0.3 is 5.69 Å². The molecule has 0 atom stereocenters. The summed E-state index contributed by atoms with van der Waals surface area (Å²) < 4.78 is 0. The van der Waals surface area contributed by atoms with E-state index in [1.807, 2.05) is 30.3 Å². The molecule has 0 saturated heterocycles. The molecule has 0 spiro atoms. The lowest BCUT2D eigenvalue weighted by Gasteiger charge is -2.06. The fourth-order valence-electron chi connectivity index (χ4n) is 2.03. The fourth-order valence-corrected chi connectivity index (χ4v) is 2.25. The number of phenolic OH excluding ortho intramolecular Hbond substituents is 1. The summed E-state index contributed by atoms with van der Waals surface area (Å²) in [6, 6.07) is 13.0. The number of nitrogens with one attached hydrogen (secondary N) is 1. The van der Waals surface area contributed by atoms with Crippen LogP contribution in [0.25, 0.3) is 6.08 Å². The molecule has 8 heteroatoms. The molecule has 0 fully saturated rings. The van der Waals surface area contributed by atoms with Crippen LogP contribution in [0.2, 0.25) is 5.02 Å². The van der Waals surface area contributed by atoms with Crippen LogP contribution in [0.5, 0.6) is 5.75 Å². The Hall–Kier alpha value is -3.37. The number of carbonyl (C=O) groups excluding carboxylic acids is 1. The summed E-state index contributed by atoms with van der Waals surface area (Å²) in [5, 5.41) is 32.6. The van der Waals surface area contributed by atoms with Crippen molar-refractivity contribution in [3.63, 3.8) is 0 Å². The van der Waals surface area contributed by atoms with Crippen LogP contribution in [0.3, 0.4) is 0 Å². The van der Waals surface area contributed by atoms with Crippen molar-refractivity contribution in [3.05, 3.63) is 74.3 Å². The first-order chi connectivity index (χ1) is 11.9. The number of phenols is 1. The number of hydrogen-bond acceptors (Lipinski definition) is 5. The van der Waals surface area contributed by atoms with Gasteiger partial charge in [-0.15, -0.1) is 0 Å². The Bertz CT molecular complexity index is 889. The molecule has 2 aromatic rings. The molecule has 1 amide bonds. The van der Waals surface area contributed by atoms with Gasteiger partial charge in [-0.25, -0.2) is 0 Å². The number of amides is 1. The van der Waals surface area contributed by atoms with E-state index in [0.717, 1.165) is 17.7 Å². The van der Waals surface area contributed by atoms with Crippen molar-refractivity contribution < 1.29 is 14.8 Å². The number of halogens is 1. The monoisotopic (exact) mass is 357 g/mol. The summed E-state index contributed by atoms with van der Waals surface area (Å²) in [5.41, 5.74) is -0.177. The molecule has 126 valence electrons. The van der Waals surface area contributed by atoms with E-state index in [1.54, 1.807) is 6.07 Å². The van der Waals surface area contributed by atoms with E-state index in [9.17, 15) is 20.0 Å². The minimum absolute atomic E-state index is 0.00210. The van der Waals surface area contributed by atoms with Crippen molar-refractivity contribution in [1.82, 2.24) is 5.32 Å². The number of nitro benzene ring substituents is 1. The summed E-state index contributed by atoms with van der Waals surface area (Å²) >= 11 is 5.79. The first-order valence-corrected chi connectivity index (χ1v) is 7.41. The SMILES string of the molecule is N#CC(=Cc1cc(Cl)cc([N+](=O)[O-])c1O)C(=O)NCc1ccccc1. The molecule has 2 rings (SSSR count). The topological polar surface area (TPSA) is 116 Å². The van der Waals surface area contributed by atoms with Gasteiger partial charge in [0, 0.05) is 23.2 Å². The number of carbonyl (C=O) groups is 1. The number of nitro groups is 1. The van der Waals surface area contributed by atoms with Crippen LogP contribution in [0.4, 0.5) is 5.69 Å². The van der Waals surface area contributed by atoms with E-state index in [1.165, 1.54) is 6.07 Å². The lowest BCUT2D eigenvalue weighted by atomic mass is 10.1. The molecular formula is C17H12ClN3O4. The molecule has 0 bridgehead atoms. The van der Waals surface area contributed by atoms with E-state index >= 15 is 0 Å². The third kappa shape index (κ3) is 4.56. The van der Waals surface area contributed by atoms with Crippen LogP contribution in [0.1, 0.15) is 11.1 Å². The average Bonchev–Trinajstić information content (AvgIpc) is 2.60. The maximum Gasteiger partial charge on any atom is 0.312 e. The molecule has 25 heavy (non-hydrogen) atoms. The molecule has 0 aliphatic heterocycles. The smallest absolute Gasteiger partial charge is 0.312 e. The van der Waals surface area contributed by atoms with Crippen molar-refractivity contribution in [2.45, 2.75) is 6.54 Å². The molecule has 0 aromatic heterocycles. The second kappa shape index (κ2) is 7.95. The second-order valence-electron chi connectivity index (χ2n) is 4.96. The highest BCUT2D eigenvalue weighted by atomic mass is 35.5. The minimum atomic E-state index is -0.805. The predicted molar refractivity (Wildman–Crippen MR) is 91.6 cm³/mol. The van der Waals surface area contributed by atoms with Gasteiger partial charge in [0.2, 0.25) is 5.75 Å². The predicted octanol–water partition coefficient (Wildman–Crippen LogP) is 3.18. The molecule has 0 aliphatic carbocycles. The van der Waals surface area contributed by atoms with Gasteiger partial charge in [-0.05, 0) is 17.7 Å². The molecule has 0 aliphatic rings. The summed E-state index contributed by atoms with van der Waals surface area (Å²) in [4.78, 5) is 22.2. The summed E-state index contributed by atoms with van der Waals surface area (Å²) in [6.45, 7) is 0.209.